The van der Waals surface area contributed by atoms with Crippen LogP contribution >= 0.6 is 22.7 Å². The number of hydrogen-bond donors (Lipinski definition) is 2. The first-order valence-corrected chi connectivity index (χ1v) is 12.9. The number of hydrogen-bond acceptors (Lipinski definition) is 8. The number of carbonyl (C=O) groups is 2. The van der Waals surface area contributed by atoms with Crippen LogP contribution in [0.2, 0.25) is 0 Å². The highest BCUT2D eigenvalue weighted by molar-refractivity contribution is 7.20. The van der Waals surface area contributed by atoms with E-state index in [9.17, 15) is 9.59 Å². The summed E-state index contributed by atoms with van der Waals surface area (Å²) in [7, 11) is 0. The van der Waals surface area contributed by atoms with Gasteiger partial charge in [0, 0.05) is 18.5 Å². The molecule has 1 atom stereocenters. The van der Waals surface area contributed by atoms with Crippen molar-refractivity contribution in [2.45, 2.75) is 26.2 Å². The predicted octanol–water partition coefficient (Wildman–Crippen LogP) is 4.87. The number of thiazole rings is 1. The van der Waals surface area contributed by atoms with Crippen LogP contribution in [0.15, 0.2) is 41.1 Å². The molecule has 2 aromatic heterocycles. The van der Waals surface area contributed by atoms with Crippen molar-refractivity contribution < 1.29 is 14.3 Å². The van der Waals surface area contributed by atoms with Gasteiger partial charge in [-0.2, -0.15) is 0 Å². The van der Waals surface area contributed by atoms with Crippen LogP contribution < -0.4 is 16.0 Å². The van der Waals surface area contributed by atoms with Gasteiger partial charge in [0.25, 0.3) is 5.91 Å². The highest BCUT2D eigenvalue weighted by atomic mass is 32.1. The van der Waals surface area contributed by atoms with Crippen LogP contribution in [0.3, 0.4) is 0 Å². The Balaban J connectivity index is 1.59. The number of benzene rings is 1. The smallest absolute Gasteiger partial charge is 0.338 e. The maximum atomic E-state index is 13.0. The fraction of sp³-hybridized carbons (Fsp3) is 0.375. The normalized spacial score (nSPS) is 15.9. The maximum Gasteiger partial charge on any atom is 0.338 e. The van der Waals surface area contributed by atoms with Crippen molar-refractivity contribution in [1.82, 2.24) is 4.98 Å². The molecule has 0 radical (unpaired) electrons. The first-order valence-electron chi connectivity index (χ1n) is 11.2. The molecule has 1 saturated heterocycles. The van der Waals surface area contributed by atoms with E-state index < -0.39 is 0 Å². The number of nitrogens with two attached hydrogens (primary N) is 1. The van der Waals surface area contributed by atoms with Crippen LogP contribution in [0.25, 0.3) is 9.88 Å². The Morgan fingerprint density at radius 2 is 2.18 bits per heavy atom. The number of esters is 1. The molecule has 1 aromatic carbocycles. The SMILES string of the molecule is CCOC(=O)c1ccc(NC(=O)c2csc(-c3cccs3)n2)c(N2CCCC(CCN)C2)c1. The lowest BCUT2D eigenvalue weighted by atomic mass is 9.94. The van der Waals surface area contributed by atoms with Crippen LogP contribution in [-0.2, 0) is 4.74 Å². The van der Waals surface area contributed by atoms with Crippen LogP contribution in [0, 0.1) is 5.92 Å². The lowest BCUT2D eigenvalue weighted by Gasteiger charge is -2.35. The van der Waals surface area contributed by atoms with Crippen molar-refractivity contribution in [3.8, 4) is 9.88 Å². The molecular weight excluding hydrogens is 456 g/mol. The number of rotatable bonds is 8. The van der Waals surface area contributed by atoms with Gasteiger partial charge in [0.15, 0.2) is 0 Å². The molecule has 1 fully saturated rings. The average Bonchev–Trinajstić information content (AvgIpc) is 3.52. The summed E-state index contributed by atoms with van der Waals surface area (Å²) in [4.78, 5) is 33.2. The van der Waals surface area contributed by atoms with Crippen molar-refractivity contribution in [3.05, 3.63) is 52.3 Å². The Hall–Kier alpha value is -2.75. The summed E-state index contributed by atoms with van der Waals surface area (Å²) in [6, 6.07) is 9.24. The van der Waals surface area contributed by atoms with Crippen molar-refractivity contribution in [1.29, 1.82) is 0 Å². The summed E-state index contributed by atoms with van der Waals surface area (Å²) >= 11 is 3.05. The fourth-order valence-corrected chi connectivity index (χ4v) is 5.69. The third-order valence-electron chi connectivity index (χ3n) is 5.66. The average molecular weight is 485 g/mol. The van der Waals surface area contributed by atoms with Gasteiger partial charge in [0.2, 0.25) is 0 Å². The number of aromatic nitrogens is 1. The third kappa shape index (κ3) is 5.61. The van der Waals surface area contributed by atoms with E-state index in [0.717, 1.165) is 47.9 Å². The lowest BCUT2D eigenvalue weighted by molar-refractivity contribution is 0.0526. The maximum absolute atomic E-state index is 13.0. The number of ether oxygens (including phenoxy) is 1. The Morgan fingerprint density at radius 1 is 1.30 bits per heavy atom. The van der Waals surface area contributed by atoms with Crippen LogP contribution in [0.1, 0.15) is 47.0 Å². The summed E-state index contributed by atoms with van der Waals surface area (Å²) < 4.78 is 5.19. The van der Waals surface area contributed by atoms with Gasteiger partial charge in [-0.3, -0.25) is 4.79 Å². The molecule has 3 heterocycles. The van der Waals surface area contributed by atoms with E-state index in [1.807, 2.05) is 23.6 Å². The first-order chi connectivity index (χ1) is 16.1. The van der Waals surface area contributed by atoms with Gasteiger partial charge < -0.3 is 20.7 Å². The summed E-state index contributed by atoms with van der Waals surface area (Å²) in [6.07, 6.45) is 3.13. The zero-order valence-electron chi connectivity index (χ0n) is 18.6. The van der Waals surface area contributed by atoms with Crippen LogP contribution in [-0.4, -0.2) is 43.1 Å². The monoisotopic (exact) mass is 484 g/mol. The zero-order chi connectivity index (χ0) is 23.2. The molecule has 1 aliphatic rings. The van der Waals surface area contributed by atoms with E-state index in [1.54, 1.807) is 35.8 Å². The van der Waals surface area contributed by atoms with E-state index in [-0.39, 0.29) is 11.9 Å². The molecule has 0 spiro atoms. The second-order valence-corrected chi connectivity index (χ2v) is 9.76. The van der Waals surface area contributed by atoms with Gasteiger partial charge in [0.1, 0.15) is 10.7 Å². The second kappa shape index (κ2) is 10.9. The molecule has 33 heavy (non-hydrogen) atoms. The Kier molecular flexibility index (Phi) is 7.74. The molecule has 0 saturated carbocycles. The number of anilines is 2. The lowest BCUT2D eigenvalue weighted by Crippen LogP contribution is -2.37. The Morgan fingerprint density at radius 3 is 2.94 bits per heavy atom. The van der Waals surface area contributed by atoms with E-state index in [1.165, 1.54) is 11.3 Å². The molecule has 1 aliphatic heterocycles. The van der Waals surface area contributed by atoms with Crippen molar-refractivity contribution >= 4 is 45.9 Å². The standard InChI is InChI=1S/C24H28N4O3S2/c1-2-31-24(30)17-7-8-18(20(13-17)28-11-3-5-16(14-28)9-10-25)26-22(29)19-15-33-23(27-19)21-6-4-12-32-21/h4,6-8,12-13,15-16H,2-3,5,9-11,14,25H2,1H3,(H,26,29). The van der Waals surface area contributed by atoms with Gasteiger partial charge in [-0.05, 0) is 68.3 Å². The van der Waals surface area contributed by atoms with Gasteiger partial charge in [-0.1, -0.05) is 6.07 Å². The quantitative estimate of drug-likeness (QED) is 0.443. The van der Waals surface area contributed by atoms with Crippen LogP contribution in [0.5, 0.6) is 0 Å². The summed E-state index contributed by atoms with van der Waals surface area (Å²) in [5.74, 6) is -0.146. The Bertz CT molecular complexity index is 1100. The Labute approximate surface area is 201 Å². The predicted molar refractivity (Wildman–Crippen MR) is 134 cm³/mol. The topological polar surface area (TPSA) is 97.5 Å². The second-order valence-electron chi connectivity index (χ2n) is 7.95. The van der Waals surface area contributed by atoms with E-state index in [2.05, 4.69) is 15.2 Å². The third-order valence-corrected chi connectivity index (χ3v) is 7.54. The molecule has 174 valence electrons. The van der Waals surface area contributed by atoms with E-state index in [0.29, 0.717) is 36.0 Å². The van der Waals surface area contributed by atoms with Gasteiger partial charge in [-0.15, -0.1) is 22.7 Å². The molecule has 4 rings (SSSR count). The van der Waals surface area contributed by atoms with E-state index >= 15 is 0 Å². The first kappa shape index (κ1) is 23.4. The minimum absolute atomic E-state index is 0.269. The van der Waals surface area contributed by atoms with Gasteiger partial charge >= 0.3 is 5.97 Å². The van der Waals surface area contributed by atoms with Gasteiger partial charge in [-0.25, -0.2) is 9.78 Å². The molecule has 7 nitrogen and oxygen atoms in total. The molecule has 1 amide bonds. The number of carbonyl (C=O) groups excluding carboxylic acids is 2. The highest BCUT2D eigenvalue weighted by Gasteiger charge is 2.24. The van der Waals surface area contributed by atoms with Crippen molar-refractivity contribution in [3.63, 3.8) is 0 Å². The number of amides is 1. The highest BCUT2D eigenvalue weighted by Crippen LogP contribution is 2.33. The molecule has 9 heteroatoms. The van der Waals surface area contributed by atoms with Crippen molar-refractivity contribution in [2.24, 2.45) is 11.7 Å². The molecular formula is C24H28N4O3S2. The molecule has 1 unspecified atom stereocenters. The van der Waals surface area contributed by atoms with Crippen molar-refractivity contribution in [2.75, 3.05) is 36.5 Å². The van der Waals surface area contributed by atoms with Crippen LogP contribution in [0.4, 0.5) is 11.4 Å². The fourth-order valence-electron chi connectivity index (χ4n) is 4.07. The summed E-state index contributed by atoms with van der Waals surface area (Å²) in [5.41, 5.74) is 8.13. The summed E-state index contributed by atoms with van der Waals surface area (Å²) in [6.45, 7) is 4.45. The molecule has 0 aliphatic carbocycles. The molecule has 3 N–H and O–H groups in total. The molecule has 3 aromatic rings. The largest absolute Gasteiger partial charge is 0.462 e. The minimum atomic E-state index is -0.368. The minimum Gasteiger partial charge on any atom is -0.462 e. The number of nitrogens with zero attached hydrogens (tertiary/aromatic N) is 2. The van der Waals surface area contributed by atoms with Gasteiger partial charge in [0.05, 0.1) is 28.4 Å². The zero-order valence-corrected chi connectivity index (χ0v) is 20.2. The summed E-state index contributed by atoms with van der Waals surface area (Å²) in [5, 5.41) is 7.61. The number of thiophene rings is 1. The molecule has 0 bridgehead atoms. The van der Waals surface area contributed by atoms with E-state index in [4.69, 9.17) is 10.5 Å². The number of piperidine rings is 1. The number of nitrogens with one attached hydrogen (secondary N) is 1.